The molecule has 0 spiro atoms. The molecule has 3 heterocycles. The Morgan fingerprint density at radius 3 is 2.59 bits per heavy atom. The molecule has 0 saturated heterocycles. The standard InChI is InChI=1S/C17H17BrN4O4S/c1-4-22-13-14(20(2)17(24)21(3)15(13)23)19-16(22)27-7-9-5-11-12(6-10(9)18)26-8-25-11/h5-6H,4,7-8H2,1-3H3. The molecular formula is C17H17BrN4O4S. The lowest BCUT2D eigenvalue weighted by atomic mass is 10.2. The van der Waals surface area contributed by atoms with E-state index < -0.39 is 0 Å². The van der Waals surface area contributed by atoms with E-state index in [4.69, 9.17) is 9.47 Å². The maximum absolute atomic E-state index is 12.6. The van der Waals surface area contributed by atoms with Crippen LogP contribution >= 0.6 is 27.7 Å². The van der Waals surface area contributed by atoms with E-state index in [9.17, 15) is 9.59 Å². The van der Waals surface area contributed by atoms with Gasteiger partial charge in [0.25, 0.3) is 5.56 Å². The lowest BCUT2D eigenvalue weighted by Gasteiger charge is -2.08. The molecule has 0 radical (unpaired) electrons. The minimum atomic E-state index is -0.386. The van der Waals surface area contributed by atoms with Gasteiger partial charge < -0.3 is 14.0 Å². The van der Waals surface area contributed by atoms with Crippen LogP contribution in [0.2, 0.25) is 0 Å². The van der Waals surface area contributed by atoms with Crippen molar-refractivity contribution in [1.82, 2.24) is 18.7 Å². The third-order valence-electron chi connectivity index (χ3n) is 4.53. The minimum absolute atomic E-state index is 0.224. The Labute approximate surface area is 166 Å². The maximum atomic E-state index is 12.6. The molecule has 1 aliphatic rings. The molecule has 2 aromatic heterocycles. The highest BCUT2D eigenvalue weighted by atomic mass is 79.9. The van der Waals surface area contributed by atoms with E-state index in [1.165, 1.54) is 23.4 Å². The third kappa shape index (κ3) is 2.87. The Morgan fingerprint density at radius 2 is 1.89 bits per heavy atom. The van der Waals surface area contributed by atoms with Gasteiger partial charge in [0.2, 0.25) is 6.79 Å². The lowest BCUT2D eigenvalue weighted by molar-refractivity contribution is 0.174. The fourth-order valence-corrected chi connectivity index (χ4v) is 4.74. The number of hydrogen-bond acceptors (Lipinski definition) is 6. The Morgan fingerprint density at radius 1 is 1.19 bits per heavy atom. The maximum Gasteiger partial charge on any atom is 0.332 e. The number of aryl methyl sites for hydroxylation is 2. The average Bonchev–Trinajstić information content (AvgIpc) is 3.26. The third-order valence-corrected chi connectivity index (χ3v) is 6.29. The molecular weight excluding hydrogens is 436 g/mol. The van der Waals surface area contributed by atoms with Gasteiger partial charge in [-0.15, -0.1) is 0 Å². The molecule has 1 aromatic carbocycles. The zero-order valence-electron chi connectivity index (χ0n) is 15.0. The molecule has 0 atom stereocenters. The van der Waals surface area contributed by atoms with Crippen LogP contribution in [0.4, 0.5) is 0 Å². The average molecular weight is 453 g/mol. The molecule has 1 aliphatic heterocycles. The van der Waals surface area contributed by atoms with Crippen LogP contribution in [0.3, 0.4) is 0 Å². The van der Waals surface area contributed by atoms with E-state index in [1.54, 1.807) is 7.05 Å². The lowest BCUT2D eigenvalue weighted by Crippen LogP contribution is -2.37. The van der Waals surface area contributed by atoms with E-state index in [0.29, 0.717) is 34.4 Å². The van der Waals surface area contributed by atoms with Crippen molar-refractivity contribution < 1.29 is 9.47 Å². The van der Waals surface area contributed by atoms with Gasteiger partial charge >= 0.3 is 5.69 Å². The number of fused-ring (bicyclic) bond motifs is 2. The Balaban J connectivity index is 1.75. The molecule has 4 rings (SSSR count). The first-order valence-corrected chi connectivity index (χ1v) is 10.1. The van der Waals surface area contributed by atoms with Crippen molar-refractivity contribution in [2.45, 2.75) is 24.4 Å². The highest BCUT2D eigenvalue weighted by Crippen LogP contribution is 2.39. The van der Waals surface area contributed by atoms with Crippen molar-refractivity contribution >= 4 is 38.9 Å². The summed E-state index contributed by atoms with van der Waals surface area (Å²) in [5, 5.41) is 0.690. The molecule has 142 valence electrons. The quantitative estimate of drug-likeness (QED) is 0.564. The summed E-state index contributed by atoms with van der Waals surface area (Å²) >= 11 is 5.06. The summed E-state index contributed by atoms with van der Waals surface area (Å²) in [6, 6.07) is 3.83. The van der Waals surface area contributed by atoms with Gasteiger partial charge in [0, 0.05) is 30.9 Å². The summed E-state index contributed by atoms with van der Waals surface area (Å²) in [6.07, 6.45) is 0. The monoisotopic (exact) mass is 452 g/mol. The largest absolute Gasteiger partial charge is 0.454 e. The van der Waals surface area contributed by atoms with Crippen LogP contribution in [0.15, 0.2) is 31.4 Å². The molecule has 0 saturated carbocycles. The number of rotatable bonds is 4. The Bertz CT molecular complexity index is 1180. The van der Waals surface area contributed by atoms with Crippen LogP contribution in [0.25, 0.3) is 11.2 Å². The van der Waals surface area contributed by atoms with Gasteiger partial charge in [0.05, 0.1) is 0 Å². The molecule has 0 bridgehead atoms. The first kappa shape index (κ1) is 18.2. The molecule has 10 heteroatoms. The van der Waals surface area contributed by atoms with Crippen LogP contribution in [0, 0.1) is 0 Å². The normalized spacial score (nSPS) is 12.9. The van der Waals surface area contributed by atoms with E-state index in [0.717, 1.165) is 20.4 Å². The van der Waals surface area contributed by atoms with Gasteiger partial charge in [-0.3, -0.25) is 13.9 Å². The van der Waals surface area contributed by atoms with Gasteiger partial charge in [-0.25, -0.2) is 9.78 Å². The zero-order valence-corrected chi connectivity index (χ0v) is 17.4. The molecule has 0 aliphatic carbocycles. The predicted molar refractivity (Wildman–Crippen MR) is 106 cm³/mol. The van der Waals surface area contributed by atoms with Crippen molar-refractivity contribution in [3.63, 3.8) is 0 Å². The van der Waals surface area contributed by atoms with E-state index in [2.05, 4.69) is 20.9 Å². The highest BCUT2D eigenvalue weighted by Gasteiger charge is 2.20. The number of thioether (sulfide) groups is 1. The number of aromatic nitrogens is 4. The molecule has 3 aromatic rings. The first-order valence-electron chi connectivity index (χ1n) is 8.29. The van der Waals surface area contributed by atoms with E-state index >= 15 is 0 Å². The summed E-state index contributed by atoms with van der Waals surface area (Å²) in [6.45, 7) is 2.75. The molecule has 0 amide bonds. The van der Waals surface area contributed by atoms with Crippen molar-refractivity contribution in [2.75, 3.05) is 6.79 Å². The molecule has 27 heavy (non-hydrogen) atoms. The predicted octanol–water partition coefficient (Wildman–Crippen LogP) is 2.24. The van der Waals surface area contributed by atoms with Gasteiger partial charge in [-0.05, 0) is 24.6 Å². The second-order valence-electron chi connectivity index (χ2n) is 6.10. The second kappa shape index (κ2) is 6.75. The first-order chi connectivity index (χ1) is 12.9. The fourth-order valence-electron chi connectivity index (χ4n) is 3.04. The van der Waals surface area contributed by atoms with Crippen LogP contribution < -0.4 is 20.7 Å². The fraction of sp³-hybridized carbons (Fsp3) is 0.353. The van der Waals surface area contributed by atoms with E-state index in [-0.39, 0.29) is 18.0 Å². The summed E-state index contributed by atoms with van der Waals surface area (Å²) < 4.78 is 16.1. The van der Waals surface area contributed by atoms with Crippen molar-refractivity contribution in [2.24, 2.45) is 14.1 Å². The second-order valence-corrected chi connectivity index (χ2v) is 7.90. The number of hydrogen-bond donors (Lipinski definition) is 0. The van der Waals surface area contributed by atoms with E-state index in [1.807, 2.05) is 23.6 Å². The van der Waals surface area contributed by atoms with Crippen LogP contribution in [-0.4, -0.2) is 25.5 Å². The summed E-state index contributed by atoms with van der Waals surface area (Å²) in [4.78, 5) is 29.3. The van der Waals surface area contributed by atoms with Crippen LogP contribution in [-0.2, 0) is 26.4 Å². The number of nitrogens with zero attached hydrogens (tertiary/aromatic N) is 4. The molecule has 0 N–H and O–H groups in total. The summed E-state index contributed by atoms with van der Waals surface area (Å²) in [5.74, 6) is 2.05. The summed E-state index contributed by atoms with van der Waals surface area (Å²) in [5.41, 5.74) is 1.15. The van der Waals surface area contributed by atoms with Gasteiger partial charge in [0.1, 0.15) is 0 Å². The molecule has 0 unspecified atom stereocenters. The van der Waals surface area contributed by atoms with Crippen molar-refractivity contribution in [1.29, 1.82) is 0 Å². The highest BCUT2D eigenvalue weighted by molar-refractivity contribution is 9.10. The SMILES string of the molecule is CCn1c(SCc2cc3c(cc2Br)OCO3)nc2c1c(=O)n(C)c(=O)n2C. The zero-order chi connectivity index (χ0) is 19.3. The Kier molecular flexibility index (Phi) is 4.55. The van der Waals surface area contributed by atoms with Crippen LogP contribution in [0.5, 0.6) is 11.5 Å². The smallest absolute Gasteiger partial charge is 0.332 e. The van der Waals surface area contributed by atoms with Gasteiger partial charge in [0.15, 0.2) is 27.8 Å². The van der Waals surface area contributed by atoms with Gasteiger partial charge in [-0.2, -0.15) is 0 Å². The summed E-state index contributed by atoms with van der Waals surface area (Å²) in [7, 11) is 3.10. The number of halogens is 1. The number of ether oxygens (including phenoxy) is 2. The number of benzene rings is 1. The van der Waals surface area contributed by atoms with Crippen LogP contribution in [0.1, 0.15) is 12.5 Å². The molecule has 8 nitrogen and oxygen atoms in total. The topological polar surface area (TPSA) is 80.3 Å². The number of imidazole rings is 1. The molecule has 0 fully saturated rings. The Hall–Kier alpha value is -2.20. The minimum Gasteiger partial charge on any atom is -0.454 e. The van der Waals surface area contributed by atoms with Crippen molar-refractivity contribution in [3.8, 4) is 11.5 Å². The van der Waals surface area contributed by atoms with Gasteiger partial charge in [-0.1, -0.05) is 27.7 Å². The van der Waals surface area contributed by atoms with Crippen molar-refractivity contribution in [3.05, 3.63) is 43.0 Å².